The average molecular weight is 447 g/mol. The number of halogens is 2. The van der Waals surface area contributed by atoms with E-state index in [-0.39, 0.29) is 11.7 Å². The minimum absolute atomic E-state index is 0.00881. The lowest BCUT2D eigenvalue weighted by Gasteiger charge is -2.36. The van der Waals surface area contributed by atoms with E-state index in [1.54, 1.807) is 25.4 Å². The number of carbonyl (C=O) groups excluding carboxylic acids is 1. The van der Waals surface area contributed by atoms with Crippen molar-refractivity contribution in [3.63, 3.8) is 0 Å². The molecule has 0 unspecified atom stereocenters. The second kappa shape index (κ2) is 9.83. The molecule has 0 bridgehead atoms. The summed E-state index contributed by atoms with van der Waals surface area (Å²) in [6, 6.07) is 6.34. The van der Waals surface area contributed by atoms with Gasteiger partial charge in [0.1, 0.15) is 17.4 Å². The van der Waals surface area contributed by atoms with Crippen LogP contribution in [0.15, 0.2) is 30.5 Å². The zero-order chi connectivity index (χ0) is 21.8. The normalized spacial score (nSPS) is 17.6. The zero-order valence-electron chi connectivity index (χ0n) is 17.8. The van der Waals surface area contributed by atoms with E-state index in [2.05, 4.69) is 14.8 Å². The molecule has 6 nitrogen and oxygen atoms in total. The number of hydrogen-bond donors (Lipinski definition) is 0. The number of piperidine rings is 1. The van der Waals surface area contributed by atoms with Gasteiger partial charge in [0.15, 0.2) is 0 Å². The zero-order valence-corrected chi connectivity index (χ0v) is 18.6. The van der Waals surface area contributed by atoms with Gasteiger partial charge in [-0.05, 0) is 43.5 Å². The summed E-state index contributed by atoms with van der Waals surface area (Å²) in [4.78, 5) is 23.5. The summed E-state index contributed by atoms with van der Waals surface area (Å²) < 4.78 is 19.0. The first-order valence-corrected chi connectivity index (χ1v) is 11.2. The summed E-state index contributed by atoms with van der Waals surface area (Å²) in [6.45, 7) is 5.33. The van der Waals surface area contributed by atoms with Crippen molar-refractivity contribution in [2.45, 2.75) is 25.8 Å². The van der Waals surface area contributed by atoms with Crippen LogP contribution < -0.4 is 9.64 Å². The van der Waals surface area contributed by atoms with Crippen LogP contribution in [0.1, 0.15) is 35.2 Å². The van der Waals surface area contributed by atoms with Crippen molar-refractivity contribution in [2.24, 2.45) is 0 Å². The first-order valence-electron chi connectivity index (χ1n) is 10.8. The van der Waals surface area contributed by atoms with E-state index in [0.29, 0.717) is 28.7 Å². The Morgan fingerprint density at radius 1 is 1.10 bits per heavy atom. The van der Waals surface area contributed by atoms with Crippen LogP contribution >= 0.6 is 11.6 Å². The van der Waals surface area contributed by atoms with Crippen molar-refractivity contribution in [1.82, 2.24) is 14.8 Å². The standard InChI is InChI=1S/C23H28ClFN4O2/c1-31-21-6-5-19(25)13-18(21)16-27-9-11-28(12-10-27)22-20(24)14-17(15-26-22)23(30)29-7-3-2-4-8-29/h5-6,13-15H,2-4,7-12,16H2,1H3. The van der Waals surface area contributed by atoms with E-state index in [0.717, 1.165) is 57.7 Å². The number of anilines is 1. The number of carbonyl (C=O) groups is 1. The summed E-state index contributed by atoms with van der Waals surface area (Å²) in [5, 5.41) is 0.503. The fourth-order valence-corrected chi connectivity index (χ4v) is 4.58. The Kier molecular flexibility index (Phi) is 6.92. The highest BCUT2D eigenvalue weighted by Gasteiger charge is 2.23. The number of benzene rings is 1. The number of likely N-dealkylation sites (tertiary alicyclic amines) is 1. The van der Waals surface area contributed by atoms with E-state index in [4.69, 9.17) is 16.3 Å². The van der Waals surface area contributed by atoms with Gasteiger partial charge in [-0.1, -0.05) is 11.6 Å². The number of rotatable bonds is 5. The highest BCUT2D eigenvalue weighted by molar-refractivity contribution is 6.33. The van der Waals surface area contributed by atoms with Crippen LogP contribution in [0.4, 0.5) is 10.2 Å². The molecular formula is C23H28ClFN4O2. The van der Waals surface area contributed by atoms with Crippen molar-refractivity contribution in [3.8, 4) is 5.75 Å². The summed E-state index contributed by atoms with van der Waals surface area (Å²) >= 11 is 6.52. The Balaban J connectivity index is 1.37. The predicted octanol–water partition coefficient (Wildman–Crippen LogP) is 3.83. The van der Waals surface area contributed by atoms with E-state index >= 15 is 0 Å². The molecule has 2 saturated heterocycles. The Hall–Kier alpha value is -2.38. The van der Waals surface area contributed by atoms with Gasteiger partial charge < -0.3 is 14.5 Å². The van der Waals surface area contributed by atoms with Gasteiger partial charge in [-0.2, -0.15) is 0 Å². The van der Waals surface area contributed by atoms with Gasteiger partial charge in [-0.3, -0.25) is 9.69 Å². The van der Waals surface area contributed by atoms with Crippen molar-refractivity contribution in [2.75, 3.05) is 51.3 Å². The van der Waals surface area contributed by atoms with Crippen molar-refractivity contribution >= 4 is 23.3 Å². The molecule has 0 spiro atoms. The van der Waals surface area contributed by atoms with Crippen LogP contribution in [-0.4, -0.2) is 67.1 Å². The third-order valence-electron chi connectivity index (χ3n) is 6.02. The molecule has 31 heavy (non-hydrogen) atoms. The van der Waals surface area contributed by atoms with E-state index in [9.17, 15) is 9.18 Å². The van der Waals surface area contributed by atoms with E-state index in [1.807, 2.05) is 4.90 Å². The van der Waals surface area contributed by atoms with Gasteiger partial charge >= 0.3 is 0 Å². The van der Waals surface area contributed by atoms with Gasteiger partial charge in [0.25, 0.3) is 5.91 Å². The monoisotopic (exact) mass is 446 g/mol. The lowest BCUT2D eigenvalue weighted by Crippen LogP contribution is -2.46. The highest BCUT2D eigenvalue weighted by atomic mass is 35.5. The molecule has 0 saturated carbocycles. The molecule has 0 atom stereocenters. The van der Waals surface area contributed by atoms with Gasteiger partial charge in [0.05, 0.1) is 17.7 Å². The van der Waals surface area contributed by atoms with Gasteiger partial charge in [-0.15, -0.1) is 0 Å². The third kappa shape index (κ3) is 5.10. The Morgan fingerprint density at radius 3 is 2.52 bits per heavy atom. The van der Waals surface area contributed by atoms with Crippen LogP contribution in [0, 0.1) is 5.82 Å². The topological polar surface area (TPSA) is 48.9 Å². The molecule has 4 rings (SSSR count). The number of hydrogen-bond acceptors (Lipinski definition) is 5. The number of amides is 1. The van der Waals surface area contributed by atoms with Crippen LogP contribution in [0.25, 0.3) is 0 Å². The molecule has 2 aromatic rings. The molecule has 166 valence electrons. The van der Waals surface area contributed by atoms with E-state index in [1.165, 1.54) is 18.6 Å². The third-order valence-corrected chi connectivity index (χ3v) is 6.30. The van der Waals surface area contributed by atoms with Crippen molar-refractivity contribution in [3.05, 3.63) is 52.4 Å². The largest absolute Gasteiger partial charge is 0.496 e. The van der Waals surface area contributed by atoms with Crippen LogP contribution in [0.5, 0.6) is 5.75 Å². The molecule has 0 N–H and O–H groups in total. The quantitative estimate of drug-likeness (QED) is 0.698. The number of nitrogens with zero attached hydrogens (tertiary/aromatic N) is 4. The smallest absolute Gasteiger partial charge is 0.255 e. The molecule has 3 heterocycles. The Morgan fingerprint density at radius 2 is 1.84 bits per heavy atom. The van der Waals surface area contributed by atoms with Crippen LogP contribution in [0.3, 0.4) is 0 Å². The van der Waals surface area contributed by atoms with Crippen LogP contribution in [0.2, 0.25) is 5.02 Å². The van der Waals surface area contributed by atoms with Gasteiger partial charge in [0, 0.05) is 57.6 Å². The summed E-state index contributed by atoms with van der Waals surface area (Å²) in [6.07, 6.45) is 4.93. The molecule has 1 aromatic carbocycles. The molecule has 2 aliphatic heterocycles. The highest BCUT2D eigenvalue weighted by Crippen LogP contribution is 2.27. The van der Waals surface area contributed by atoms with Crippen molar-refractivity contribution in [1.29, 1.82) is 0 Å². The molecule has 1 amide bonds. The fraction of sp³-hybridized carbons (Fsp3) is 0.478. The summed E-state index contributed by atoms with van der Waals surface area (Å²) in [5.41, 5.74) is 1.39. The minimum Gasteiger partial charge on any atom is -0.496 e. The van der Waals surface area contributed by atoms with Gasteiger partial charge in [-0.25, -0.2) is 9.37 Å². The molecule has 2 aliphatic rings. The maximum absolute atomic E-state index is 13.6. The lowest BCUT2D eigenvalue weighted by molar-refractivity contribution is 0.0724. The molecule has 1 aromatic heterocycles. The molecule has 2 fully saturated rings. The summed E-state index contributed by atoms with van der Waals surface area (Å²) in [5.74, 6) is 1.15. The first kappa shape index (κ1) is 21.8. The maximum atomic E-state index is 13.6. The van der Waals surface area contributed by atoms with Crippen LogP contribution in [-0.2, 0) is 6.54 Å². The number of piperazine rings is 1. The lowest BCUT2D eigenvalue weighted by atomic mass is 10.1. The van der Waals surface area contributed by atoms with Gasteiger partial charge in [0.2, 0.25) is 0 Å². The summed E-state index contributed by atoms with van der Waals surface area (Å²) in [7, 11) is 1.60. The molecule has 0 radical (unpaired) electrons. The minimum atomic E-state index is -0.260. The average Bonchev–Trinajstić information content (AvgIpc) is 2.80. The fourth-order valence-electron chi connectivity index (χ4n) is 4.29. The maximum Gasteiger partial charge on any atom is 0.255 e. The molecule has 8 heteroatoms. The predicted molar refractivity (Wildman–Crippen MR) is 119 cm³/mol. The SMILES string of the molecule is COc1ccc(F)cc1CN1CCN(c2ncc(C(=O)N3CCCCC3)cc2Cl)CC1. The van der Waals surface area contributed by atoms with E-state index < -0.39 is 0 Å². The number of pyridine rings is 1. The van der Waals surface area contributed by atoms with Crippen molar-refractivity contribution < 1.29 is 13.9 Å². The second-order valence-corrected chi connectivity index (χ2v) is 8.51. The number of methoxy groups -OCH3 is 1. The number of ether oxygens (including phenoxy) is 1. The Bertz CT molecular complexity index is 928. The molecular weight excluding hydrogens is 419 g/mol. The molecule has 0 aliphatic carbocycles. The second-order valence-electron chi connectivity index (χ2n) is 8.10. The number of aromatic nitrogens is 1. The Labute approximate surface area is 187 Å². The first-order chi connectivity index (χ1) is 15.0.